The maximum absolute atomic E-state index is 12.2. The number of halogens is 1. The molecule has 116 valence electrons. The van der Waals surface area contributed by atoms with E-state index in [0.29, 0.717) is 10.9 Å². The van der Waals surface area contributed by atoms with Crippen LogP contribution in [0.5, 0.6) is 5.75 Å². The molecule has 0 atom stereocenters. The number of fused-ring (bicyclic) bond motifs is 1. The number of esters is 1. The first-order chi connectivity index (χ1) is 11.1. The Labute approximate surface area is 134 Å². The molecule has 3 rings (SSSR count). The Balaban J connectivity index is 1.82. The molecular weight excluding hydrogens is 322 g/mol. The molecule has 0 saturated carbocycles. The van der Waals surface area contributed by atoms with Crippen LogP contribution in [0.2, 0.25) is 5.02 Å². The van der Waals surface area contributed by atoms with Crippen LogP contribution in [0.25, 0.3) is 10.9 Å². The van der Waals surface area contributed by atoms with Gasteiger partial charge in [-0.1, -0.05) is 28.9 Å². The van der Waals surface area contributed by atoms with Crippen LogP contribution in [0.1, 0.15) is 10.4 Å². The van der Waals surface area contributed by atoms with Gasteiger partial charge < -0.3 is 9.84 Å². The van der Waals surface area contributed by atoms with Gasteiger partial charge in [0.05, 0.1) is 5.39 Å². The summed E-state index contributed by atoms with van der Waals surface area (Å²) < 4.78 is 5.91. The van der Waals surface area contributed by atoms with Gasteiger partial charge in [-0.15, -0.1) is 5.10 Å². The molecule has 0 bridgehead atoms. The van der Waals surface area contributed by atoms with Gasteiger partial charge in [-0.2, -0.15) is 4.68 Å². The first-order valence-electron chi connectivity index (χ1n) is 6.54. The molecule has 0 aliphatic heterocycles. The molecule has 0 saturated heterocycles. The van der Waals surface area contributed by atoms with Crippen molar-refractivity contribution in [3.63, 3.8) is 0 Å². The van der Waals surface area contributed by atoms with Crippen molar-refractivity contribution >= 4 is 28.5 Å². The molecule has 1 N–H and O–H groups in total. The highest BCUT2D eigenvalue weighted by molar-refractivity contribution is 6.30. The molecule has 23 heavy (non-hydrogen) atoms. The standard InChI is InChI=1S/C15H10ClN3O4/c16-9-5-6-11(13(20)7-9)15(22)23-8-19-14(21)10-3-1-2-4-12(10)17-18-19/h1-7,20H,8H2. The zero-order chi connectivity index (χ0) is 16.4. The number of phenolic OH excluding ortho intramolecular Hbond substituents is 1. The van der Waals surface area contributed by atoms with Crippen LogP contribution in [0.4, 0.5) is 0 Å². The van der Waals surface area contributed by atoms with Crippen molar-refractivity contribution in [2.24, 2.45) is 0 Å². The summed E-state index contributed by atoms with van der Waals surface area (Å²) in [6, 6.07) is 10.7. The number of carbonyl (C=O) groups is 1. The number of rotatable bonds is 3. The number of benzene rings is 2. The lowest BCUT2D eigenvalue weighted by Gasteiger charge is -2.07. The van der Waals surface area contributed by atoms with Crippen molar-refractivity contribution in [3.8, 4) is 5.75 Å². The minimum atomic E-state index is -0.805. The number of hydrogen-bond acceptors (Lipinski definition) is 6. The van der Waals surface area contributed by atoms with E-state index < -0.39 is 18.3 Å². The van der Waals surface area contributed by atoms with Gasteiger partial charge >= 0.3 is 5.97 Å². The zero-order valence-corrected chi connectivity index (χ0v) is 12.4. The number of hydrogen-bond donors (Lipinski definition) is 1. The van der Waals surface area contributed by atoms with E-state index in [1.54, 1.807) is 24.3 Å². The second kappa shape index (κ2) is 6.05. The zero-order valence-electron chi connectivity index (χ0n) is 11.6. The number of carbonyl (C=O) groups excluding carboxylic acids is 1. The SMILES string of the molecule is O=C(OCn1nnc2ccccc2c1=O)c1ccc(Cl)cc1O. The number of aromatic nitrogens is 3. The Bertz CT molecular complexity index is 955. The second-order valence-electron chi connectivity index (χ2n) is 4.63. The summed E-state index contributed by atoms with van der Waals surface area (Å²) in [6.45, 7) is -0.419. The average molecular weight is 332 g/mol. The first kappa shape index (κ1) is 15.0. The summed E-state index contributed by atoms with van der Waals surface area (Å²) in [7, 11) is 0. The predicted molar refractivity (Wildman–Crippen MR) is 82.3 cm³/mol. The van der Waals surface area contributed by atoms with Crippen molar-refractivity contribution in [3.05, 3.63) is 63.4 Å². The Morgan fingerprint density at radius 1 is 1.26 bits per heavy atom. The monoisotopic (exact) mass is 331 g/mol. The lowest BCUT2D eigenvalue weighted by Crippen LogP contribution is -2.26. The van der Waals surface area contributed by atoms with Crippen LogP contribution in [-0.4, -0.2) is 26.1 Å². The fourth-order valence-corrected chi connectivity index (χ4v) is 2.15. The van der Waals surface area contributed by atoms with E-state index in [2.05, 4.69) is 10.3 Å². The van der Waals surface area contributed by atoms with Gasteiger partial charge in [-0.3, -0.25) is 4.79 Å². The number of aromatic hydroxyl groups is 1. The van der Waals surface area contributed by atoms with E-state index in [0.717, 1.165) is 4.68 Å². The Kier molecular flexibility index (Phi) is 3.94. The minimum Gasteiger partial charge on any atom is -0.507 e. The summed E-state index contributed by atoms with van der Waals surface area (Å²) in [4.78, 5) is 24.1. The molecule has 3 aromatic rings. The molecule has 7 nitrogen and oxygen atoms in total. The second-order valence-corrected chi connectivity index (χ2v) is 5.07. The fraction of sp³-hybridized carbons (Fsp3) is 0.0667. The highest BCUT2D eigenvalue weighted by Crippen LogP contribution is 2.22. The van der Waals surface area contributed by atoms with E-state index in [4.69, 9.17) is 16.3 Å². The third-order valence-electron chi connectivity index (χ3n) is 3.13. The lowest BCUT2D eigenvalue weighted by atomic mass is 10.2. The smallest absolute Gasteiger partial charge is 0.343 e. The van der Waals surface area contributed by atoms with E-state index >= 15 is 0 Å². The van der Waals surface area contributed by atoms with E-state index in [1.165, 1.54) is 18.2 Å². The summed E-state index contributed by atoms with van der Waals surface area (Å²) in [5.41, 5.74) is -0.0321. The van der Waals surface area contributed by atoms with Crippen LogP contribution in [0.3, 0.4) is 0 Å². The summed E-state index contributed by atoms with van der Waals surface area (Å²) >= 11 is 5.70. The quantitative estimate of drug-likeness (QED) is 0.737. The maximum atomic E-state index is 12.2. The van der Waals surface area contributed by atoms with Crippen molar-refractivity contribution in [2.45, 2.75) is 6.73 Å². The molecule has 0 unspecified atom stereocenters. The summed E-state index contributed by atoms with van der Waals surface area (Å²) in [5, 5.41) is 17.9. The molecule has 1 aromatic heterocycles. The van der Waals surface area contributed by atoms with Gasteiger partial charge in [-0.05, 0) is 30.3 Å². The van der Waals surface area contributed by atoms with Gasteiger partial charge in [0.2, 0.25) is 0 Å². The highest BCUT2D eigenvalue weighted by Gasteiger charge is 2.14. The third-order valence-corrected chi connectivity index (χ3v) is 3.36. The van der Waals surface area contributed by atoms with Gasteiger partial charge in [-0.25, -0.2) is 4.79 Å². The number of nitrogens with zero attached hydrogens (tertiary/aromatic N) is 3. The van der Waals surface area contributed by atoms with Crippen LogP contribution < -0.4 is 5.56 Å². The summed E-state index contributed by atoms with van der Waals surface area (Å²) in [5.74, 6) is -1.11. The molecule has 8 heteroatoms. The van der Waals surface area contributed by atoms with Crippen LogP contribution in [-0.2, 0) is 11.5 Å². The van der Waals surface area contributed by atoms with Crippen molar-refractivity contribution in [1.29, 1.82) is 0 Å². The topological polar surface area (TPSA) is 94.3 Å². The van der Waals surface area contributed by atoms with Gasteiger partial charge in [0.1, 0.15) is 16.8 Å². The molecule has 0 spiro atoms. The van der Waals surface area contributed by atoms with Crippen LogP contribution in [0, 0.1) is 0 Å². The van der Waals surface area contributed by atoms with Crippen molar-refractivity contribution < 1.29 is 14.6 Å². The molecule has 2 aromatic carbocycles. The molecule has 0 fully saturated rings. The first-order valence-corrected chi connectivity index (χ1v) is 6.92. The van der Waals surface area contributed by atoms with E-state index in [1.807, 2.05) is 0 Å². The van der Waals surface area contributed by atoms with Gasteiger partial charge in [0.15, 0.2) is 6.73 Å². The Hall–Kier alpha value is -2.93. The number of phenols is 1. The molecular formula is C15H10ClN3O4. The molecule has 0 aliphatic carbocycles. The highest BCUT2D eigenvalue weighted by atomic mass is 35.5. The normalized spacial score (nSPS) is 10.7. The van der Waals surface area contributed by atoms with E-state index in [9.17, 15) is 14.7 Å². The fourth-order valence-electron chi connectivity index (χ4n) is 1.98. The third kappa shape index (κ3) is 3.00. The van der Waals surface area contributed by atoms with Crippen LogP contribution in [0.15, 0.2) is 47.3 Å². The average Bonchev–Trinajstić information content (AvgIpc) is 2.54. The van der Waals surface area contributed by atoms with Crippen LogP contribution >= 0.6 is 11.6 Å². The lowest BCUT2D eigenvalue weighted by molar-refractivity contribution is 0.0333. The van der Waals surface area contributed by atoms with E-state index in [-0.39, 0.29) is 16.3 Å². The maximum Gasteiger partial charge on any atom is 0.343 e. The van der Waals surface area contributed by atoms with Gasteiger partial charge in [0.25, 0.3) is 5.56 Å². The molecule has 0 radical (unpaired) electrons. The largest absolute Gasteiger partial charge is 0.507 e. The predicted octanol–water partition coefficient (Wildman–Crippen LogP) is 1.97. The number of ether oxygens (including phenoxy) is 1. The Morgan fingerprint density at radius 2 is 2.04 bits per heavy atom. The Morgan fingerprint density at radius 3 is 2.83 bits per heavy atom. The van der Waals surface area contributed by atoms with Crippen molar-refractivity contribution in [2.75, 3.05) is 0 Å². The minimum absolute atomic E-state index is 0.0591. The summed E-state index contributed by atoms with van der Waals surface area (Å²) in [6.07, 6.45) is 0. The van der Waals surface area contributed by atoms with Crippen molar-refractivity contribution in [1.82, 2.24) is 15.0 Å². The molecule has 1 heterocycles. The molecule has 0 aliphatic rings. The molecule has 0 amide bonds. The van der Waals surface area contributed by atoms with Gasteiger partial charge in [0, 0.05) is 5.02 Å².